The summed E-state index contributed by atoms with van der Waals surface area (Å²) in [5.74, 6) is 1.02. The molecule has 1 unspecified atom stereocenters. The van der Waals surface area contributed by atoms with Crippen LogP contribution in [-0.4, -0.2) is 30.4 Å². The van der Waals surface area contributed by atoms with E-state index in [1.54, 1.807) is 7.05 Å². The molecule has 0 bridgehead atoms. The summed E-state index contributed by atoms with van der Waals surface area (Å²) in [6.07, 6.45) is 1.65. The number of guanidine groups is 1. The Hall–Kier alpha value is -2.61. The number of nitrogens with one attached hydrogen (secondary N) is 2. The molecule has 0 spiro atoms. The zero-order chi connectivity index (χ0) is 21.6. The van der Waals surface area contributed by atoms with Crippen molar-refractivity contribution in [2.24, 2.45) is 4.99 Å². The summed E-state index contributed by atoms with van der Waals surface area (Å²) < 4.78 is 0. The van der Waals surface area contributed by atoms with Gasteiger partial charge in [0.25, 0.3) is 0 Å². The molecule has 1 amide bonds. The molecule has 3 aromatic rings. The fourth-order valence-corrected chi connectivity index (χ4v) is 4.08. The van der Waals surface area contributed by atoms with Crippen LogP contribution in [0.4, 0.5) is 0 Å². The Morgan fingerprint density at radius 1 is 1.03 bits per heavy atom. The van der Waals surface area contributed by atoms with E-state index < -0.39 is 0 Å². The first kappa shape index (κ1) is 24.0. The van der Waals surface area contributed by atoms with E-state index in [-0.39, 0.29) is 35.9 Å². The average molecular weight is 542 g/mol. The summed E-state index contributed by atoms with van der Waals surface area (Å²) in [4.78, 5) is 18.2. The van der Waals surface area contributed by atoms with Gasteiger partial charge in [0.05, 0.1) is 6.04 Å². The predicted molar refractivity (Wildman–Crippen MR) is 142 cm³/mol. The Labute approximate surface area is 207 Å². The third-order valence-corrected chi connectivity index (χ3v) is 5.85. The molecule has 0 saturated carbocycles. The lowest BCUT2D eigenvalue weighted by Gasteiger charge is -2.19. The summed E-state index contributed by atoms with van der Waals surface area (Å²) in [5, 5.41) is 9.38. The minimum Gasteiger partial charge on any atom is -0.352 e. The maximum absolute atomic E-state index is 11.9. The van der Waals surface area contributed by atoms with E-state index in [1.165, 1.54) is 27.5 Å². The van der Waals surface area contributed by atoms with Crippen LogP contribution in [0.2, 0.25) is 0 Å². The van der Waals surface area contributed by atoms with Crippen molar-refractivity contribution in [3.05, 3.63) is 83.4 Å². The van der Waals surface area contributed by atoms with Crippen molar-refractivity contribution in [2.75, 3.05) is 13.6 Å². The second-order valence-corrected chi connectivity index (χ2v) is 8.14. The van der Waals surface area contributed by atoms with Crippen molar-refractivity contribution >= 4 is 46.6 Å². The van der Waals surface area contributed by atoms with Crippen LogP contribution < -0.4 is 10.6 Å². The number of benzene rings is 3. The fourth-order valence-electron chi connectivity index (χ4n) is 4.08. The molecule has 3 aromatic carbocycles. The molecule has 2 N–H and O–H groups in total. The maximum atomic E-state index is 11.9. The van der Waals surface area contributed by atoms with Crippen LogP contribution >= 0.6 is 24.0 Å². The molecule has 1 atom stereocenters. The first-order valence-corrected chi connectivity index (χ1v) is 10.9. The third-order valence-electron chi connectivity index (χ3n) is 5.85. The van der Waals surface area contributed by atoms with Gasteiger partial charge in [0.15, 0.2) is 5.96 Å². The Bertz CT molecular complexity index is 1100. The van der Waals surface area contributed by atoms with Gasteiger partial charge in [-0.3, -0.25) is 9.79 Å². The molecular formula is C26H31IN4O. The molecule has 1 saturated heterocycles. The molecular weight excluding hydrogens is 511 g/mol. The summed E-state index contributed by atoms with van der Waals surface area (Å²) in [6.45, 7) is 4.37. The Morgan fingerprint density at radius 3 is 2.56 bits per heavy atom. The molecule has 32 heavy (non-hydrogen) atoms. The van der Waals surface area contributed by atoms with E-state index in [4.69, 9.17) is 0 Å². The summed E-state index contributed by atoms with van der Waals surface area (Å²) in [5.41, 5.74) is 3.56. The lowest BCUT2D eigenvalue weighted by atomic mass is 10.0. The largest absolute Gasteiger partial charge is 0.352 e. The van der Waals surface area contributed by atoms with Gasteiger partial charge in [-0.15, -0.1) is 24.0 Å². The van der Waals surface area contributed by atoms with Gasteiger partial charge in [0.1, 0.15) is 0 Å². The van der Waals surface area contributed by atoms with Crippen molar-refractivity contribution < 1.29 is 4.79 Å². The highest BCUT2D eigenvalue weighted by Gasteiger charge is 2.20. The van der Waals surface area contributed by atoms with Gasteiger partial charge in [0, 0.05) is 33.1 Å². The van der Waals surface area contributed by atoms with Gasteiger partial charge in [-0.1, -0.05) is 60.7 Å². The molecule has 1 aliphatic rings. The number of hydrogen-bond acceptors (Lipinski definition) is 2. The van der Waals surface area contributed by atoms with Gasteiger partial charge in [-0.05, 0) is 46.9 Å². The molecule has 5 nitrogen and oxygen atoms in total. The Balaban J connectivity index is 0.00000289. The summed E-state index contributed by atoms with van der Waals surface area (Å²) in [7, 11) is 1.79. The smallest absolute Gasteiger partial charge is 0.222 e. The van der Waals surface area contributed by atoms with E-state index in [9.17, 15) is 4.79 Å². The predicted octanol–water partition coefficient (Wildman–Crippen LogP) is 5.01. The highest BCUT2D eigenvalue weighted by molar-refractivity contribution is 14.0. The fraction of sp³-hybridized carbons (Fsp3) is 0.308. The van der Waals surface area contributed by atoms with Crippen molar-refractivity contribution in [1.82, 2.24) is 15.5 Å². The van der Waals surface area contributed by atoms with Gasteiger partial charge < -0.3 is 15.5 Å². The number of rotatable bonds is 6. The lowest BCUT2D eigenvalue weighted by Crippen LogP contribution is -2.38. The molecule has 1 aliphatic heterocycles. The van der Waals surface area contributed by atoms with Gasteiger partial charge in [-0.25, -0.2) is 0 Å². The van der Waals surface area contributed by atoms with Crippen LogP contribution in [0.5, 0.6) is 0 Å². The number of carbonyl (C=O) groups is 1. The summed E-state index contributed by atoms with van der Waals surface area (Å²) in [6, 6.07) is 23.5. The zero-order valence-electron chi connectivity index (χ0n) is 18.7. The van der Waals surface area contributed by atoms with E-state index in [0.29, 0.717) is 19.5 Å². The highest BCUT2D eigenvalue weighted by Crippen LogP contribution is 2.20. The van der Waals surface area contributed by atoms with Gasteiger partial charge in [-0.2, -0.15) is 0 Å². The zero-order valence-corrected chi connectivity index (χ0v) is 21.0. The van der Waals surface area contributed by atoms with E-state index >= 15 is 0 Å². The van der Waals surface area contributed by atoms with E-state index in [0.717, 1.165) is 18.9 Å². The first-order valence-electron chi connectivity index (χ1n) is 10.9. The third kappa shape index (κ3) is 6.00. The van der Waals surface area contributed by atoms with Gasteiger partial charge in [0.2, 0.25) is 5.91 Å². The Morgan fingerprint density at radius 2 is 1.81 bits per heavy atom. The standard InChI is InChI=1S/C26H30N4O.HI/c1-19(23-13-12-22-9-3-4-10-24(22)16-23)29-26(27-2)28-17-20-7-5-8-21(15-20)18-30-14-6-11-25(30)31;/h3-5,7-10,12-13,15-16,19H,6,11,14,17-18H2,1-2H3,(H2,27,28,29);1H. The van der Waals surface area contributed by atoms with Crippen molar-refractivity contribution in [3.8, 4) is 0 Å². The topological polar surface area (TPSA) is 56.7 Å². The quantitative estimate of drug-likeness (QED) is 0.262. The number of fused-ring (bicyclic) bond motifs is 1. The molecule has 0 aromatic heterocycles. The van der Waals surface area contributed by atoms with Crippen molar-refractivity contribution in [3.63, 3.8) is 0 Å². The number of likely N-dealkylation sites (tertiary alicyclic amines) is 1. The lowest BCUT2D eigenvalue weighted by molar-refractivity contribution is -0.128. The van der Waals surface area contributed by atoms with Gasteiger partial charge >= 0.3 is 0 Å². The van der Waals surface area contributed by atoms with Crippen LogP contribution in [0.1, 0.15) is 42.5 Å². The number of carbonyl (C=O) groups excluding carboxylic acids is 1. The molecule has 4 rings (SSSR count). The van der Waals surface area contributed by atoms with Crippen molar-refractivity contribution in [2.45, 2.75) is 38.9 Å². The van der Waals surface area contributed by atoms with Crippen LogP contribution in [0.25, 0.3) is 10.8 Å². The molecule has 0 radical (unpaired) electrons. The monoisotopic (exact) mass is 542 g/mol. The maximum Gasteiger partial charge on any atom is 0.222 e. The summed E-state index contributed by atoms with van der Waals surface area (Å²) >= 11 is 0. The van der Waals surface area contributed by atoms with E-state index in [2.05, 4.69) is 89.3 Å². The molecule has 6 heteroatoms. The minimum absolute atomic E-state index is 0. The number of halogens is 1. The number of nitrogens with zero attached hydrogens (tertiary/aromatic N) is 2. The SMILES string of the molecule is CN=C(NCc1cccc(CN2CCCC2=O)c1)NC(C)c1ccc2ccccc2c1.I. The first-order chi connectivity index (χ1) is 15.1. The number of hydrogen-bond donors (Lipinski definition) is 2. The minimum atomic E-state index is 0. The Kier molecular flexibility index (Phi) is 8.50. The van der Waals surface area contributed by atoms with Crippen molar-refractivity contribution in [1.29, 1.82) is 0 Å². The second kappa shape index (κ2) is 11.3. The number of aliphatic imine (C=N–C) groups is 1. The molecule has 1 heterocycles. The second-order valence-electron chi connectivity index (χ2n) is 8.14. The van der Waals surface area contributed by atoms with Crippen LogP contribution in [0.3, 0.4) is 0 Å². The van der Waals surface area contributed by atoms with Crippen LogP contribution in [-0.2, 0) is 17.9 Å². The normalized spacial score (nSPS) is 14.9. The van der Waals surface area contributed by atoms with Crippen LogP contribution in [0.15, 0.2) is 71.7 Å². The molecule has 168 valence electrons. The van der Waals surface area contributed by atoms with Crippen LogP contribution in [0, 0.1) is 0 Å². The highest BCUT2D eigenvalue weighted by atomic mass is 127. The average Bonchev–Trinajstić information content (AvgIpc) is 3.20. The number of amides is 1. The molecule has 0 aliphatic carbocycles. The molecule has 1 fully saturated rings. The van der Waals surface area contributed by atoms with E-state index in [1.807, 2.05) is 4.90 Å².